The summed E-state index contributed by atoms with van der Waals surface area (Å²) in [7, 11) is 1.54. The molecule has 0 aliphatic heterocycles. The highest BCUT2D eigenvalue weighted by atomic mass is 35.5. The molecule has 1 heterocycles. The number of para-hydroxylation sites is 1. The van der Waals surface area contributed by atoms with Gasteiger partial charge in [-0.3, -0.25) is 9.59 Å². The summed E-state index contributed by atoms with van der Waals surface area (Å²) in [4.78, 5) is 38.5. The van der Waals surface area contributed by atoms with Crippen LogP contribution in [0.5, 0.6) is 11.5 Å². The van der Waals surface area contributed by atoms with Gasteiger partial charge in [0, 0.05) is 26.9 Å². The highest BCUT2D eigenvalue weighted by molar-refractivity contribution is 7.21. The van der Waals surface area contributed by atoms with Crippen molar-refractivity contribution in [3.8, 4) is 11.5 Å². The van der Waals surface area contributed by atoms with Crippen molar-refractivity contribution in [3.05, 3.63) is 123 Å². The molecule has 42 heavy (non-hydrogen) atoms. The summed E-state index contributed by atoms with van der Waals surface area (Å²) >= 11 is 7.79. The number of benzene rings is 4. The second-order valence-corrected chi connectivity index (χ2v) is 10.6. The average molecular weight is 598 g/mol. The number of hydrogen-bond acceptors (Lipinski definition) is 7. The van der Waals surface area contributed by atoms with Gasteiger partial charge in [-0.15, -0.1) is 11.3 Å². The Morgan fingerprint density at radius 3 is 2.33 bits per heavy atom. The Morgan fingerprint density at radius 1 is 0.881 bits per heavy atom. The molecular weight excluding hydrogens is 574 g/mol. The highest BCUT2D eigenvalue weighted by Crippen LogP contribution is 2.36. The molecule has 0 spiro atoms. The zero-order chi connectivity index (χ0) is 29.6. The molecule has 0 aliphatic carbocycles. The SMILES string of the molecule is COc1ccc(C(=O)Oc2ccccc2/C=N\NC(=O)c2ccc(NC(=O)c3sc4cc(C)ccc4c3Cl)cc2)cc1. The summed E-state index contributed by atoms with van der Waals surface area (Å²) in [6.45, 7) is 1.98. The number of anilines is 1. The third-order valence-electron chi connectivity index (χ3n) is 6.21. The number of hydrogen-bond donors (Lipinski definition) is 2. The Labute approximate surface area is 250 Å². The van der Waals surface area contributed by atoms with Crippen LogP contribution in [0.15, 0.2) is 96.1 Å². The number of fused-ring (bicyclic) bond motifs is 1. The fourth-order valence-corrected chi connectivity index (χ4v) is 5.51. The molecule has 0 bridgehead atoms. The van der Waals surface area contributed by atoms with Crippen molar-refractivity contribution in [1.82, 2.24) is 5.43 Å². The van der Waals surface area contributed by atoms with Gasteiger partial charge in [0.05, 0.1) is 23.9 Å². The molecule has 10 heteroatoms. The predicted octanol–water partition coefficient (Wildman–Crippen LogP) is 7.11. The quantitative estimate of drug-likeness (QED) is 0.0858. The van der Waals surface area contributed by atoms with Crippen LogP contribution in [0.25, 0.3) is 10.1 Å². The number of nitrogens with one attached hydrogen (secondary N) is 2. The third-order valence-corrected chi connectivity index (χ3v) is 7.87. The first-order valence-electron chi connectivity index (χ1n) is 12.7. The Morgan fingerprint density at radius 2 is 1.60 bits per heavy atom. The minimum atomic E-state index is -0.542. The summed E-state index contributed by atoms with van der Waals surface area (Å²) in [6, 6.07) is 25.6. The van der Waals surface area contributed by atoms with Crippen molar-refractivity contribution >= 4 is 62.7 Å². The van der Waals surface area contributed by atoms with Crippen molar-refractivity contribution in [2.24, 2.45) is 5.10 Å². The van der Waals surface area contributed by atoms with Crippen LogP contribution < -0.4 is 20.2 Å². The Hall–Kier alpha value is -4.99. The number of hydrazone groups is 1. The normalized spacial score (nSPS) is 10.9. The summed E-state index contributed by atoms with van der Waals surface area (Å²) in [5.74, 6) is -0.419. The first-order chi connectivity index (χ1) is 20.3. The minimum absolute atomic E-state index is 0.283. The molecule has 0 radical (unpaired) electrons. The number of rotatable bonds is 8. The number of aryl methyl sites for hydroxylation is 1. The van der Waals surface area contributed by atoms with Gasteiger partial charge in [-0.05, 0) is 79.2 Å². The zero-order valence-electron chi connectivity index (χ0n) is 22.5. The summed E-state index contributed by atoms with van der Waals surface area (Å²) in [5.41, 5.74) is 5.24. The monoisotopic (exact) mass is 597 g/mol. The largest absolute Gasteiger partial charge is 0.497 e. The van der Waals surface area contributed by atoms with Crippen LogP contribution in [-0.2, 0) is 0 Å². The van der Waals surface area contributed by atoms with Gasteiger partial charge in [-0.1, -0.05) is 35.9 Å². The van der Waals surface area contributed by atoms with Crippen molar-refractivity contribution in [3.63, 3.8) is 0 Å². The fourth-order valence-electron chi connectivity index (χ4n) is 4.00. The summed E-state index contributed by atoms with van der Waals surface area (Å²) < 4.78 is 11.6. The molecule has 5 aromatic rings. The highest BCUT2D eigenvalue weighted by Gasteiger charge is 2.18. The zero-order valence-corrected chi connectivity index (χ0v) is 24.1. The minimum Gasteiger partial charge on any atom is -0.497 e. The molecule has 0 saturated carbocycles. The molecule has 210 valence electrons. The first kappa shape index (κ1) is 28.5. The van der Waals surface area contributed by atoms with E-state index in [9.17, 15) is 14.4 Å². The molecule has 0 atom stereocenters. The van der Waals surface area contributed by atoms with E-state index in [2.05, 4.69) is 15.8 Å². The van der Waals surface area contributed by atoms with E-state index in [4.69, 9.17) is 21.1 Å². The number of methoxy groups -OCH3 is 1. The van der Waals surface area contributed by atoms with Crippen molar-refractivity contribution in [2.45, 2.75) is 6.92 Å². The van der Waals surface area contributed by atoms with E-state index < -0.39 is 11.9 Å². The third kappa shape index (κ3) is 6.49. The van der Waals surface area contributed by atoms with Crippen LogP contribution in [0.2, 0.25) is 5.02 Å². The van der Waals surface area contributed by atoms with Gasteiger partial charge < -0.3 is 14.8 Å². The van der Waals surface area contributed by atoms with Gasteiger partial charge in [-0.25, -0.2) is 10.2 Å². The van der Waals surface area contributed by atoms with Crippen LogP contribution in [0, 0.1) is 6.92 Å². The summed E-state index contributed by atoms with van der Waals surface area (Å²) in [6.07, 6.45) is 1.39. The maximum absolute atomic E-state index is 12.9. The van der Waals surface area contributed by atoms with Gasteiger partial charge >= 0.3 is 5.97 Å². The van der Waals surface area contributed by atoms with Gasteiger partial charge in [-0.2, -0.15) is 5.10 Å². The average Bonchev–Trinajstić information content (AvgIpc) is 3.33. The van der Waals surface area contributed by atoms with E-state index in [1.54, 1.807) is 79.9 Å². The number of carbonyl (C=O) groups excluding carboxylic acids is 3. The fraction of sp³-hybridized carbons (Fsp3) is 0.0625. The Kier molecular flexibility index (Phi) is 8.61. The van der Waals surface area contributed by atoms with Gasteiger partial charge in [0.25, 0.3) is 11.8 Å². The van der Waals surface area contributed by atoms with E-state index in [0.29, 0.717) is 38.0 Å². The van der Waals surface area contributed by atoms with Crippen LogP contribution >= 0.6 is 22.9 Å². The lowest BCUT2D eigenvalue weighted by molar-refractivity contribution is 0.0733. The van der Waals surface area contributed by atoms with Crippen LogP contribution in [0.3, 0.4) is 0 Å². The molecule has 5 rings (SSSR count). The lowest BCUT2D eigenvalue weighted by Crippen LogP contribution is -2.18. The molecule has 0 aliphatic rings. The summed E-state index contributed by atoms with van der Waals surface area (Å²) in [5, 5.41) is 8.09. The van der Waals surface area contributed by atoms with Gasteiger partial charge in [0.2, 0.25) is 0 Å². The Bertz CT molecular complexity index is 1820. The molecule has 4 aromatic carbocycles. The number of esters is 1. The second-order valence-electron chi connectivity index (χ2n) is 9.13. The van der Waals surface area contributed by atoms with Crippen molar-refractivity contribution in [2.75, 3.05) is 12.4 Å². The van der Waals surface area contributed by atoms with Gasteiger partial charge in [0.1, 0.15) is 16.4 Å². The van der Waals surface area contributed by atoms with E-state index in [-0.39, 0.29) is 11.7 Å². The molecular formula is C32H24ClN3O5S. The predicted molar refractivity (Wildman–Crippen MR) is 165 cm³/mol. The van der Waals surface area contributed by atoms with E-state index >= 15 is 0 Å². The number of amides is 2. The first-order valence-corrected chi connectivity index (χ1v) is 13.9. The van der Waals surface area contributed by atoms with E-state index in [1.165, 1.54) is 17.6 Å². The lowest BCUT2D eigenvalue weighted by Gasteiger charge is -2.08. The molecule has 8 nitrogen and oxygen atoms in total. The van der Waals surface area contributed by atoms with Crippen molar-refractivity contribution < 1.29 is 23.9 Å². The maximum Gasteiger partial charge on any atom is 0.343 e. The second kappa shape index (κ2) is 12.7. The molecule has 0 fully saturated rings. The topological polar surface area (TPSA) is 106 Å². The number of halogens is 1. The van der Waals surface area contributed by atoms with Crippen molar-refractivity contribution in [1.29, 1.82) is 0 Å². The van der Waals surface area contributed by atoms with E-state index in [1.807, 2.05) is 25.1 Å². The van der Waals surface area contributed by atoms with E-state index in [0.717, 1.165) is 15.6 Å². The number of nitrogens with zero attached hydrogens (tertiary/aromatic N) is 1. The lowest BCUT2D eigenvalue weighted by atomic mass is 10.2. The Balaban J connectivity index is 1.19. The standard InChI is InChI=1S/C32H24ClN3O5S/c1-19-7-16-25-27(17-19)42-29(28(25)33)31(38)35-23-12-8-20(9-13-23)30(37)36-34-18-22-5-3-4-6-26(22)41-32(39)21-10-14-24(40-2)15-11-21/h3-18H,1-2H3,(H,35,38)(H,36,37)/b34-18-. The van der Waals surface area contributed by atoms with Gasteiger partial charge in [0.15, 0.2) is 0 Å². The van der Waals surface area contributed by atoms with Crippen LogP contribution in [0.1, 0.15) is 41.5 Å². The van der Waals surface area contributed by atoms with Crippen LogP contribution in [0.4, 0.5) is 5.69 Å². The maximum atomic E-state index is 12.9. The molecule has 0 saturated heterocycles. The molecule has 1 aromatic heterocycles. The molecule has 2 N–H and O–H groups in total. The number of carbonyl (C=O) groups is 3. The molecule has 0 unspecified atom stereocenters. The molecule has 2 amide bonds. The number of thiophene rings is 1. The van der Waals surface area contributed by atoms with Crippen LogP contribution in [-0.4, -0.2) is 31.1 Å². The smallest absolute Gasteiger partial charge is 0.343 e. The number of ether oxygens (including phenoxy) is 2.